The summed E-state index contributed by atoms with van der Waals surface area (Å²) in [5.74, 6) is 0.328. The van der Waals surface area contributed by atoms with Gasteiger partial charge in [0.05, 0.1) is 11.6 Å². The van der Waals surface area contributed by atoms with Gasteiger partial charge in [-0.25, -0.2) is 0 Å². The van der Waals surface area contributed by atoms with Crippen LogP contribution in [0.3, 0.4) is 0 Å². The van der Waals surface area contributed by atoms with Crippen LogP contribution in [-0.4, -0.2) is 57.4 Å². The average Bonchev–Trinajstić information content (AvgIpc) is 3.16. The van der Waals surface area contributed by atoms with Crippen molar-refractivity contribution in [3.05, 3.63) is 35.7 Å². The Balaban J connectivity index is 1.68. The summed E-state index contributed by atoms with van der Waals surface area (Å²) in [6, 6.07) is 4.59. The minimum atomic E-state index is -4.44. The highest BCUT2D eigenvalue weighted by molar-refractivity contribution is 6.30. The van der Waals surface area contributed by atoms with E-state index in [1.807, 2.05) is 6.92 Å². The summed E-state index contributed by atoms with van der Waals surface area (Å²) in [5.41, 5.74) is -0.526. The van der Waals surface area contributed by atoms with E-state index in [1.54, 1.807) is 11.8 Å². The van der Waals surface area contributed by atoms with Crippen LogP contribution >= 0.6 is 11.6 Å². The minimum Gasteiger partial charge on any atom is -0.339 e. The zero-order valence-electron chi connectivity index (χ0n) is 15.4. The number of alkyl halides is 4. The SMILES string of the molecule is CC(Cl)C(=O)N1CCN(C(C)c2nc(-c3cccc(C(F)(F)F)c3)no2)CC1. The topological polar surface area (TPSA) is 62.5 Å². The molecule has 6 nitrogen and oxygen atoms in total. The van der Waals surface area contributed by atoms with Crippen LogP contribution in [0.4, 0.5) is 13.2 Å². The van der Waals surface area contributed by atoms with Gasteiger partial charge >= 0.3 is 6.18 Å². The summed E-state index contributed by atoms with van der Waals surface area (Å²) >= 11 is 5.85. The van der Waals surface area contributed by atoms with E-state index >= 15 is 0 Å². The van der Waals surface area contributed by atoms with Crippen molar-refractivity contribution in [3.8, 4) is 11.4 Å². The van der Waals surface area contributed by atoms with Crippen molar-refractivity contribution in [2.45, 2.75) is 31.4 Å². The van der Waals surface area contributed by atoms with Crippen molar-refractivity contribution in [1.82, 2.24) is 19.9 Å². The lowest BCUT2D eigenvalue weighted by Gasteiger charge is -2.37. The van der Waals surface area contributed by atoms with Gasteiger partial charge in [-0.15, -0.1) is 11.6 Å². The second kappa shape index (κ2) is 8.08. The first-order valence-electron chi connectivity index (χ1n) is 8.85. The first kappa shape index (κ1) is 20.6. The number of hydrogen-bond donors (Lipinski definition) is 0. The molecule has 1 aliphatic heterocycles. The molecule has 0 bridgehead atoms. The van der Waals surface area contributed by atoms with Gasteiger partial charge in [0.15, 0.2) is 0 Å². The summed E-state index contributed by atoms with van der Waals surface area (Å²) in [6.07, 6.45) is -4.44. The fraction of sp³-hybridized carbons (Fsp3) is 0.500. The number of rotatable bonds is 4. The second-order valence-corrected chi connectivity index (χ2v) is 7.34. The Bertz CT molecular complexity index is 832. The van der Waals surface area contributed by atoms with Gasteiger partial charge in [-0.3, -0.25) is 9.69 Å². The molecule has 10 heteroatoms. The quantitative estimate of drug-likeness (QED) is 0.713. The summed E-state index contributed by atoms with van der Waals surface area (Å²) in [7, 11) is 0. The van der Waals surface area contributed by atoms with E-state index in [1.165, 1.54) is 12.1 Å². The number of carbonyl (C=O) groups excluding carboxylic acids is 1. The van der Waals surface area contributed by atoms with Crippen LogP contribution in [0.1, 0.15) is 31.3 Å². The predicted octanol–water partition coefficient (Wildman–Crippen LogP) is 3.59. The first-order valence-corrected chi connectivity index (χ1v) is 9.28. The summed E-state index contributed by atoms with van der Waals surface area (Å²) < 4.78 is 44.0. The molecule has 1 aromatic carbocycles. The Morgan fingerprint density at radius 1 is 1.21 bits per heavy atom. The van der Waals surface area contributed by atoms with E-state index in [2.05, 4.69) is 15.0 Å². The van der Waals surface area contributed by atoms with Gasteiger partial charge in [0.2, 0.25) is 17.6 Å². The van der Waals surface area contributed by atoms with Gasteiger partial charge in [0.1, 0.15) is 5.38 Å². The van der Waals surface area contributed by atoms with E-state index in [9.17, 15) is 18.0 Å². The molecule has 2 unspecified atom stereocenters. The zero-order valence-corrected chi connectivity index (χ0v) is 16.2. The summed E-state index contributed by atoms with van der Waals surface area (Å²) in [5, 5.41) is 3.27. The number of halogens is 4. The van der Waals surface area contributed by atoms with E-state index in [-0.39, 0.29) is 23.3 Å². The van der Waals surface area contributed by atoms with E-state index in [0.717, 1.165) is 12.1 Å². The minimum absolute atomic E-state index is 0.0985. The lowest BCUT2D eigenvalue weighted by molar-refractivity contribution is -0.137. The number of carbonyl (C=O) groups is 1. The number of amides is 1. The van der Waals surface area contributed by atoms with Crippen molar-refractivity contribution in [3.63, 3.8) is 0 Å². The third-order valence-electron chi connectivity index (χ3n) is 4.76. The Morgan fingerprint density at radius 3 is 2.50 bits per heavy atom. The molecular weight excluding hydrogens is 397 g/mol. The van der Waals surface area contributed by atoms with Crippen molar-refractivity contribution in [1.29, 1.82) is 0 Å². The van der Waals surface area contributed by atoms with Crippen LogP contribution in [0.15, 0.2) is 28.8 Å². The first-order chi connectivity index (χ1) is 13.2. The molecule has 1 aromatic heterocycles. The van der Waals surface area contributed by atoms with E-state index in [4.69, 9.17) is 16.1 Å². The van der Waals surface area contributed by atoms with Gasteiger partial charge < -0.3 is 9.42 Å². The van der Waals surface area contributed by atoms with Crippen molar-refractivity contribution >= 4 is 17.5 Å². The molecule has 152 valence electrons. The molecule has 2 heterocycles. The molecule has 2 atom stereocenters. The van der Waals surface area contributed by atoms with Crippen molar-refractivity contribution in [2.24, 2.45) is 0 Å². The molecule has 1 fully saturated rings. The molecule has 0 radical (unpaired) electrons. The number of nitrogens with zero attached hydrogens (tertiary/aromatic N) is 4. The normalized spacial score (nSPS) is 18.1. The van der Waals surface area contributed by atoms with Crippen LogP contribution in [0.5, 0.6) is 0 Å². The summed E-state index contributed by atoms with van der Waals surface area (Å²) in [6.45, 7) is 5.82. The molecular formula is C18H20ClF3N4O2. The average molecular weight is 417 g/mol. The zero-order chi connectivity index (χ0) is 20.5. The second-order valence-electron chi connectivity index (χ2n) is 6.69. The Labute approximate surface area is 165 Å². The highest BCUT2D eigenvalue weighted by atomic mass is 35.5. The third-order valence-corrected chi connectivity index (χ3v) is 4.95. The van der Waals surface area contributed by atoms with E-state index in [0.29, 0.717) is 32.1 Å². The van der Waals surface area contributed by atoms with Gasteiger partial charge in [-0.05, 0) is 26.0 Å². The highest BCUT2D eigenvalue weighted by Crippen LogP contribution is 2.32. The maximum absolute atomic E-state index is 12.9. The molecule has 2 aromatic rings. The monoisotopic (exact) mass is 416 g/mol. The van der Waals surface area contributed by atoms with Gasteiger partial charge in [-0.1, -0.05) is 17.3 Å². The standard InChI is InChI=1S/C18H20ClF3N4O2/c1-11(19)17(27)26-8-6-25(7-9-26)12(2)16-23-15(24-28-16)13-4-3-5-14(10-13)18(20,21)22/h3-5,10-12H,6-9H2,1-2H3. The van der Waals surface area contributed by atoms with Crippen LogP contribution in [0, 0.1) is 0 Å². The van der Waals surface area contributed by atoms with E-state index < -0.39 is 17.1 Å². The molecule has 0 spiro atoms. The number of hydrogen-bond acceptors (Lipinski definition) is 5. The Morgan fingerprint density at radius 2 is 1.89 bits per heavy atom. The Hall–Kier alpha value is -2.13. The smallest absolute Gasteiger partial charge is 0.339 e. The maximum Gasteiger partial charge on any atom is 0.416 e. The maximum atomic E-state index is 12.9. The molecule has 0 aliphatic carbocycles. The molecule has 0 N–H and O–H groups in total. The van der Waals surface area contributed by atoms with Crippen molar-refractivity contribution < 1.29 is 22.5 Å². The van der Waals surface area contributed by atoms with Gasteiger partial charge in [0, 0.05) is 31.7 Å². The molecule has 0 saturated carbocycles. The van der Waals surface area contributed by atoms with Crippen molar-refractivity contribution in [2.75, 3.05) is 26.2 Å². The number of benzene rings is 1. The van der Waals surface area contributed by atoms with Crippen LogP contribution < -0.4 is 0 Å². The third kappa shape index (κ3) is 4.47. The number of piperazine rings is 1. The highest BCUT2D eigenvalue weighted by Gasteiger charge is 2.31. The lowest BCUT2D eigenvalue weighted by atomic mass is 10.1. The number of aromatic nitrogens is 2. The van der Waals surface area contributed by atoms with Crippen LogP contribution in [0.2, 0.25) is 0 Å². The fourth-order valence-electron chi connectivity index (χ4n) is 3.09. The molecule has 1 saturated heterocycles. The van der Waals surface area contributed by atoms with Gasteiger partial charge in [0.25, 0.3) is 0 Å². The molecule has 1 amide bonds. The van der Waals surface area contributed by atoms with Crippen LogP contribution in [-0.2, 0) is 11.0 Å². The van der Waals surface area contributed by atoms with Gasteiger partial charge in [-0.2, -0.15) is 18.2 Å². The molecule has 28 heavy (non-hydrogen) atoms. The fourth-order valence-corrected chi connectivity index (χ4v) is 3.23. The summed E-state index contributed by atoms with van der Waals surface area (Å²) in [4.78, 5) is 20.0. The Kier molecular flexibility index (Phi) is 5.95. The van der Waals surface area contributed by atoms with Crippen LogP contribution in [0.25, 0.3) is 11.4 Å². The largest absolute Gasteiger partial charge is 0.416 e. The lowest BCUT2D eigenvalue weighted by Crippen LogP contribution is -2.50. The predicted molar refractivity (Wildman–Crippen MR) is 96.6 cm³/mol. The molecule has 3 rings (SSSR count). The molecule has 1 aliphatic rings.